The van der Waals surface area contributed by atoms with Crippen LogP contribution < -0.4 is 11.3 Å². The molecule has 0 fully saturated rings. The van der Waals surface area contributed by atoms with E-state index in [9.17, 15) is 37.1 Å². The molecule has 0 spiro atoms. The van der Waals surface area contributed by atoms with Crippen LogP contribution in [-0.4, -0.2) is 94.2 Å². The summed E-state index contributed by atoms with van der Waals surface area (Å²) in [5, 5.41) is 7.12. The Morgan fingerprint density at radius 2 is 1.23 bits per heavy atom. The van der Waals surface area contributed by atoms with E-state index in [1.54, 1.807) is 4.90 Å². The first-order valence-electron chi connectivity index (χ1n) is 8.45. The van der Waals surface area contributed by atoms with Gasteiger partial charge in [0.15, 0.2) is 0 Å². The van der Waals surface area contributed by atoms with Crippen LogP contribution in [-0.2, 0) is 28.8 Å². The number of carboxylic acids is 1. The van der Waals surface area contributed by atoms with Gasteiger partial charge in [0.05, 0.1) is 6.54 Å². The van der Waals surface area contributed by atoms with Crippen LogP contribution in [0.5, 0.6) is 0 Å². The number of carboxylic acid groups (broad SMARTS) is 1. The number of amides is 5. The Hall–Kier alpha value is -3.59. The molecular weight excluding hydrogens is 431 g/mol. The van der Waals surface area contributed by atoms with E-state index in [2.05, 4.69) is 0 Å². The van der Waals surface area contributed by atoms with Crippen molar-refractivity contribution in [2.24, 2.45) is 5.84 Å². The Morgan fingerprint density at radius 1 is 0.903 bits per heavy atom. The lowest BCUT2D eigenvalue weighted by atomic mass is 10.3. The first kappa shape index (κ1) is 25.4. The molecule has 0 aliphatic carbocycles. The van der Waals surface area contributed by atoms with Crippen molar-refractivity contribution in [2.75, 3.05) is 32.7 Å². The van der Waals surface area contributed by atoms with Gasteiger partial charge in [-0.2, -0.15) is 13.2 Å². The lowest BCUT2D eigenvalue weighted by molar-refractivity contribution is -0.192. The molecule has 0 aromatic heterocycles. The van der Waals surface area contributed by atoms with E-state index in [-0.39, 0.29) is 32.7 Å². The maximum atomic E-state index is 11.5. The third kappa shape index (κ3) is 7.98. The van der Waals surface area contributed by atoms with E-state index < -0.39 is 41.7 Å². The lowest BCUT2D eigenvalue weighted by Gasteiger charge is -2.25. The highest BCUT2D eigenvalue weighted by Gasteiger charge is 2.38. The van der Waals surface area contributed by atoms with E-state index in [1.165, 1.54) is 24.3 Å². The molecule has 5 amide bonds. The molecule has 0 saturated carbocycles. The number of hydrogen-bond donors (Lipinski definition) is 3. The molecule has 2 aliphatic rings. The van der Waals surface area contributed by atoms with Crippen LogP contribution >= 0.6 is 0 Å². The molecule has 2 aliphatic heterocycles. The third-order valence-electron chi connectivity index (χ3n) is 3.85. The summed E-state index contributed by atoms with van der Waals surface area (Å²) in [6, 6.07) is 0. The second-order valence-corrected chi connectivity index (χ2v) is 5.97. The van der Waals surface area contributed by atoms with Gasteiger partial charge >= 0.3 is 12.1 Å². The summed E-state index contributed by atoms with van der Waals surface area (Å²) in [6.45, 7) is 0.488. The van der Waals surface area contributed by atoms with Gasteiger partial charge in [0.25, 0.3) is 23.6 Å². The van der Waals surface area contributed by atoms with Crippen molar-refractivity contribution in [3.8, 4) is 0 Å². The van der Waals surface area contributed by atoms with Gasteiger partial charge in [-0.05, 0) is 0 Å². The first-order chi connectivity index (χ1) is 14.4. The predicted octanol–water partition coefficient (Wildman–Crippen LogP) is -2.24. The average molecular weight is 449 g/mol. The summed E-state index contributed by atoms with van der Waals surface area (Å²) in [5.74, 6) is 0.160. The predicted molar refractivity (Wildman–Crippen MR) is 94.2 cm³/mol. The zero-order chi connectivity index (χ0) is 23.8. The number of nitrogens with two attached hydrogens (primary N) is 1. The molecule has 0 bridgehead atoms. The van der Waals surface area contributed by atoms with Gasteiger partial charge < -0.3 is 5.11 Å². The van der Waals surface area contributed by atoms with E-state index in [0.717, 1.165) is 9.80 Å². The molecule has 0 saturated heterocycles. The molecule has 0 aromatic rings. The van der Waals surface area contributed by atoms with Gasteiger partial charge in [-0.15, -0.1) is 0 Å². The maximum absolute atomic E-state index is 11.5. The molecular formula is C16H18F3N5O7. The largest absolute Gasteiger partial charge is 0.490 e. The quantitative estimate of drug-likeness (QED) is 0.160. The zero-order valence-electron chi connectivity index (χ0n) is 15.8. The van der Waals surface area contributed by atoms with Crippen molar-refractivity contribution in [3.63, 3.8) is 0 Å². The highest BCUT2D eigenvalue weighted by atomic mass is 19.4. The topological polar surface area (TPSA) is 170 Å². The van der Waals surface area contributed by atoms with Gasteiger partial charge in [0.2, 0.25) is 5.91 Å². The van der Waals surface area contributed by atoms with Gasteiger partial charge in [-0.3, -0.25) is 44.1 Å². The summed E-state index contributed by atoms with van der Waals surface area (Å²) in [5.41, 5.74) is 1.99. The molecule has 0 radical (unpaired) electrons. The van der Waals surface area contributed by atoms with Crippen LogP contribution in [0.15, 0.2) is 24.3 Å². The first-order valence-corrected chi connectivity index (χ1v) is 8.45. The van der Waals surface area contributed by atoms with Gasteiger partial charge in [0.1, 0.15) is 0 Å². The standard InChI is InChI=1S/C14H17N5O5.C2HF3O2/c15-16-10(20)9-17(5-7-18-11(21)1-2-12(18)22)6-8-19-13(23)3-4-14(19)24;3-2(4,5)1(6)7/h1-4H,5-9,15H2,(H,16,20);(H,6,7). The van der Waals surface area contributed by atoms with Crippen LogP contribution in [0.3, 0.4) is 0 Å². The molecule has 12 nitrogen and oxygen atoms in total. The summed E-state index contributed by atoms with van der Waals surface area (Å²) in [6.07, 6.45) is -0.391. The summed E-state index contributed by atoms with van der Waals surface area (Å²) in [7, 11) is 0. The summed E-state index contributed by atoms with van der Waals surface area (Å²) >= 11 is 0. The SMILES string of the molecule is NNC(=O)CN(CCN1C(=O)C=CC1=O)CCN1C(=O)C=CC1=O.O=C(O)C(F)(F)F. The van der Waals surface area contributed by atoms with E-state index in [1.807, 2.05) is 5.43 Å². The molecule has 31 heavy (non-hydrogen) atoms. The van der Waals surface area contributed by atoms with Crippen molar-refractivity contribution in [3.05, 3.63) is 24.3 Å². The molecule has 2 rings (SSSR count). The van der Waals surface area contributed by atoms with Gasteiger partial charge in [0, 0.05) is 50.5 Å². The van der Waals surface area contributed by atoms with E-state index >= 15 is 0 Å². The molecule has 170 valence electrons. The molecule has 4 N–H and O–H groups in total. The second kappa shape index (κ2) is 11.0. The number of nitrogens with one attached hydrogen (secondary N) is 1. The third-order valence-corrected chi connectivity index (χ3v) is 3.85. The van der Waals surface area contributed by atoms with Crippen LogP contribution in [0.1, 0.15) is 0 Å². The van der Waals surface area contributed by atoms with Gasteiger partial charge in [-0.1, -0.05) is 0 Å². The molecule has 2 heterocycles. The Bertz CT molecular complexity index is 743. The average Bonchev–Trinajstić information content (AvgIpc) is 3.18. The number of carbonyl (C=O) groups excluding carboxylic acids is 5. The maximum Gasteiger partial charge on any atom is 0.490 e. The number of alkyl halides is 3. The van der Waals surface area contributed by atoms with Crippen molar-refractivity contribution in [1.29, 1.82) is 0 Å². The van der Waals surface area contributed by atoms with E-state index in [4.69, 9.17) is 15.7 Å². The van der Waals surface area contributed by atoms with Crippen molar-refractivity contribution in [2.45, 2.75) is 6.18 Å². The number of hydrogen-bond acceptors (Lipinski definition) is 8. The monoisotopic (exact) mass is 449 g/mol. The number of rotatable bonds is 8. The van der Waals surface area contributed by atoms with Crippen molar-refractivity contribution in [1.82, 2.24) is 20.1 Å². The zero-order valence-corrected chi connectivity index (χ0v) is 15.8. The smallest absolute Gasteiger partial charge is 0.475 e. The number of hydrazine groups is 1. The number of halogens is 3. The highest BCUT2D eigenvalue weighted by Crippen LogP contribution is 2.13. The van der Waals surface area contributed by atoms with Gasteiger partial charge in [-0.25, -0.2) is 10.6 Å². The fourth-order valence-corrected chi connectivity index (χ4v) is 2.30. The minimum atomic E-state index is -5.08. The number of nitrogens with zero attached hydrogens (tertiary/aromatic N) is 3. The Labute approximate surface area is 172 Å². The Balaban J connectivity index is 0.000000592. The summed E-state index contributed by atoms with van der Waals surface area (Å²) in [4.78, 5) is 70.1. The highest BCUT2D eigenvalue weighted by molar-refractivity contribution is 6.13. The molecule has 0 unspecified atom stereocenters. The number of imide groups is 2. The van der Waals surface area contributed by atoms with Crippen LogP contribution in [0, 0.1) is 0 Å². The second-order valence-electron chi connectivity index (χ2n) is 5.97. The molecule has 15 heteroatoms. The summed E-state index contributed by atoms with van der Waals surface area (Å²) < 4.78 is 31.7. The Morgan fingerprint density at radius 3 is 1.48 bits per heavy atom. The minimum absolute atomic E-state index is 0.0860. The minimum Gasteiger partial charge on any atom is -0.475 e. The lowest BCUT2D eigenvalue weighted by Crippen LogP contribution is -2.47. The van der Waals surface area contributed by atoms with Crippen molar-refractivity contribution >= 4 is 35.5 Å². The van der Waals surface area contributed by atoms with Crippen molar-refractivity contribution < 1.29 is 47.0 Å². The number of carbonyl (C=O) groups is 6. The number of aliphatic carboxylic acids is 1. The van der Waals surface area contributed by atoms with Crippen LogP contribution in [0.25, 0.3) is 0 Å². The van der Waals surface area contributed by atoms with Crippen LogP contribution in [0.2, 0.25) is 0 Å². The van der Waals surface area contributed by atoms with E-state index in [0.29, 0.717) is 0 Å². The fraction of sp³-hybridized carbons (Fsp3) is 0.375. The normalized spacial score (nSPS) is 15.6. The Kier molecular flexibility index (Phi) is 9.01. The van der Waals surface area contributed by atoms with Crippen LogP contribution in [0.4, 0.5) is 13.2 Å². The fourth-order valence-electron chi connectivity index (χ4n) is 2.30. The molecule has 0 atom stereocenters. The molecule has 0 aromatic carbocycles.